The van der Waals surface area contributed by atoms with Crippen molar-refractivity contribution in [1.29, 1.82) is 0 Å². The molecule has 0 radical (unpaired) electrons. The van der Waals surface area contributed by atoms with Crippen LogP contribution in [0.25, 0.3) is 0 Å². The molecule has 1 unspecified atom stereocenters. The highest BCUT2D eigenvalue weighted by Crippen LogP contribution is 2.24. The van der Waals surface area contributed by atoms with E-state index >= 15 is 0 Å². The number of benzene rings is 1. The van der Waals surface area contributed by atoms with Crippen LogP contribution in [0.1, 0.15) is 50.4 Å². The number of rotatable bonds is 7. The van der Waals surface area contributed by atoms with Gasteiger partial charge in [0.25, 0.3) is 0 Å². The first kappa shape index (κ1) is 17.2. The Morgan fingerprint density at radius 3 is 1.90 bits per heavy atom. The van der Waals surface area contributed by atoms with E-state index < -0.39 is 0 Å². The van der Waals surface area contributed by atoms with Crippen LogP contribution in [0.5, 0.6) is 0 Å². The van der Waals surface area contributed by atoms with Crippen LogP contribution in [0, 0.1) is 31.6 Å². The smallest absolute Gasteiger partial charge is 0.0449 e. The van der Waals surface area contributed by atoms with Crippen LogP contribution in [-0.4, -0.2) is 13.1 Å². The van der Waals surface area contributed by atoms with E-state index in [1.807, 2.05) is 0 Å². The van der Waals surface area contributed by atoms with Crippen LogP contribution >= 0.6 is 0 Å². The summed E-state index contributed by atoms with van der Waals surface area (Å²) < 4.78 is 0. The summed E-state index contributed by atoms with van der Waals surface area (Å²) in [6, 6.07) is 6.73. The van der Waals surface area contributed by atoms with Gasteiger partial charge in [-0.1, -0.05) is 45.9 Å². The minimum absolute atomic E-state index is 0.260. The van der Waals surface area contributed by atoms with Crippen molar-refractivity contribution in [2.24, 2.45) is 23.5 Å². The van der Waals surface area contributed by atoms with Crippen molar-refractivity contribution in [3.05, 3.63) is 34.9 Å². The molecule has 1 rings (SSSR count). The summed E-state index contributed by atoms with van der Waals surface area (Å²) in [5.41, 5.74) is 10.1. The quantitative estimate of drug-likeness (QED) is 0.794. The molecule has 0 amide bonds. The molecule has 2 nitrogen and oxygen atoms in total. The molecule has 2 heteroatoms. The largest absolute Gasteiger partial charge is 0.329 e. The maximum absolute atomic E-state index is 6.02. The van der Waals surface area contributed by atoms with Crippen LogP contribution in [0.15, 0.2) is 18.2 Å². The van der Waals surface area contributed by atoms with Gasteiger partial charge >= 0.3 is 0 Å². The predicted molar refractivity (Wildman–Crippen MR) is 88.9 cm³/mol. The lowest BCUT2D eigenvalue weighted by molar-refractivity contribution is 0.266. The zero-order valence-electron chi connectivity index (χ0n) is 14.0. The molecule has 1 aromatic rings. The monoisotopic (exact) mass is 276 g/mol. The molecule has 114 valence electrons. The molecule has 3 N–H and O–H groups in total. The van der Waals surface area contributed by atoms with Crippen LogP contribution in [0.2, 0.25) is 0 Å². The molecule has 0 aliphatic carbocycles. The van der Waals surface area contributed by atoms with Gasteiger partial charge in [0, 0.05) is 12.6 Å². The Bertz CT molecular complexity index is 382. The van der Waals surface area contributed by atoms with Gasteiger partial charge in [0.15, 0.2) is 0 Å². The lowest BCUT2D eigenvalue weighted by Crippen LogP contribution is -2.36. The van der Waals surface area contributed by atoms with Crippen molar-refractivity contribution >= 4 is 0 Å². The molecule has 0 aliphatic rings. The third-order valence-electron chi connectivity index (χ3n) is 4.44. The molecule has 0 saturated heterocycles. The van der Waals surface area contributed by atoms with Crippen molar-refractivity contribution in [2.75, 3.05) is 13.1 Å². The summed E-state index contributed by atoms with van der Waals surface area (Å²) in [5.74, 6) is 2.08. The van der Waals surface area contributed by atoms with Gasteiger partial charge in [0.05, 0.1) is 0 Å². The van der Waals surface area contributed by atoms with Crippen molar-refractivity contribution in [2.45, 2.75) is 47.6 Å². The van der Waals surface area contributed by atoms with Crippen LogP contribution in [-0.2, 0) is 0 Å². The van der Waals surface area contributed by atoms with E-state index in [4.69, 9.17) is 5.73 Å². The molecule has 1 atom stereocenters. The molecular formula is C18H32N2. The van der Waals surface area contributed by atoms with Gasteiger partial charge in [0.1, 0.15) is 0 Å². The number of aryl methyl sites for hydroxylation is 2. The van der Waals surface area contributed by atoms with E-state index in [-0.39, 0.29) is 6.04 Å². The molecule has 0 bridgehead atoms. The van der Waals surface area contributed by atoms with E-state index in [2.05, 4.69) is 65.1 Å². The Morgan fingerprint density at radius 1 is 1.00 bits per heavy atom. The van der Waals surface area contributed by atoms with Crippen molar-refractivity contribution in [3.63, 3.8) is 0 Å². The van der Waals surface area contributed by atoms with Crippen molar-refractivity contribution in [3.8, 4) is 0 Å². The SMILES string of the molecule is Cc1cccc(C)c1C(CN)NCC(C(C)C)C(C)C. The lowest BCUT2D eigenvalue weighted by atomic mass is 9.85. The summed E-state index contributed by atoms with van der Waals surface area (Å²) >= 11 is 0. The van der Waals surface area contributed by atoms with Crippen LogP contribution in [0.4, 0.5) is 0 Å². The average molecular weight is 276 g/mol. The van der Waals surface area contributed by atoms with Gasteiger partial charge in [-0.25, -0.2) is 0 Å². The Labute approximate surface area is 125 Å². The summed E-state index contributed by atoms with van der Waals surface area (Å²) in [6.45, 7) is 15.3. The Balaban J connectivity index is 2.82. The van der Waals surface area contributed by atoms with E-state index in [0.29, 0.717) is 24.3 Å². The van der Waals surface area contributed by atoms with Gasteiger partial charge in [0.2, 0.25) is 0 Å². The number of hydrogen-bond acceptors (Lipinski definition) is 2. The molecule has 20 heavy (non-hydrogen) atoms. The fraction of sp³-hybridized carbons (Fsp3) is 0.667. The Morgan fingerprint density at radius 2 is 1.50 bits per heavy atom. The summed E-state index contributed by atoms with van der Waals surface area (Å²) in [6.07, 6.45) is 0. The second kappa shape index (κ2) is 7.80. The van der Waals surface area contributed by atoms with Gasteiger partial charge < -0.3 is 11.1 Å². The average Bonchev–Trinajstić information content (AvgIpc) is 2.35. The summed E-state index contributed by atoms with van der Waals surface area (Å²) in [5, 5.41) is 3.71. The zero-order chi connectivity index (χ0) is 15.3. The second-order valence-electron chi connectivity index (χ2n) is 6.65. The molecular weight excluding hydrogens is 244 g/mol. The summed E-state index contributed by atoms with van der Waals surface area (Å²) in [4.78, 5) is 0. The molecule has 0 aromatic heterocycles. The standard InChI is InChI=1S/C18H32N2/c1-12(2)16(13(3)4)11-20-17(10-19)18-14(5)8-7-9-15(18)6/h7-9,12-13,16-17,20H,10-11,19H2,1-6H3. The minimum Gasteiger partial charge on any atom is -0.329 e. The van der Waals surface area contributed by atoms with E-state index in [1.165, 1.54) is 16.7 Å². The normalized spacial score (nSPS) is 13.5. The lowest BCUT2D eigenvalue weighted by Gasteiger charge is -2.29. The first-order valence-electron chi connectivity index (χ1n) is 7.88. The topological polar surface area (TPSA) is 38.0 Å². The molecule has 0 saturated carbocycles. The molecule has 0 aliphatic heterocycles. The number of nitrogens with one attached hydrogen (secondary N) is 1. The molecule has 0 spiro atoms. The minimum atomic E-state index is 0.260. The van der Waals surface area contributed by atoms with E-state index in [9.17, 15) is 0 Å². The maximum Gasteiger partial charge on any atom is 0.0449 e. The Hall–Kier alpha value is -0.860. The van der Waals surface area contributed by atoms with Crippen molar-refractivity contribution in [1.82, 2.24) is 5.32 Å². The predicted octanol–water partition coefficient (Wildman–Crippen LogP) is 3.82. The highest BCUT2D eigenvalue weighted by molar-refractivity contribution is 5.36. The highest BCUT2D eigenvalue weighted by atomic mass is 14.9. The van der Waals surface area contributed by atoms with Gasteiger partial charge in [-0.2, -0.15) is 0 Å². The second-order valence-corrected chi connectivity index (χ2v) is 6.65. The first-order valence-corrected chi connectivity index (χ1v) is 7.88. The molecule has 0 heterocycles. The van der Waals surface area contributed by atoms with Gasteiger partial charge in [-0.15, -0.1) is 0 Å². The third-order valence-corrected chi connectivity index (χ3v) is 4.44. The van der Waals surface area contributed by atoms with E-state index in [1.54, 1.807) is 0 Å². The van der Waals surface area contributed by atoms with Gasteiger partial charge in [-0.3, -0.25) is 0 Å². The summed E-state index contributed by atoms with van der Waals surface area (Å²) in [7, 11) is 0. The first-order chi connectivity index (χ1) is 9.38. The highest BCUT2D eigenvalue weighted by Gasteiger charge is 2.20. The molecule has 1 aromatic carbocycles. The fourth-order valence-electron chi connectivity index (χ4n) is 3.20. The number of hydrogen-bond donors (Lipinski definition) is 2. The van der Waals surface area contributed by atoms with Crippen LogP contribution in [0.3, 0.4) is 0 Å². The van der Waals surface area contributed by atoms with E-state index in [0.717, 1.165) is 6.54 Å². The maximum atomic E-state index is 6.02. The zero-order valence-corrected chi connectivity index (χ0v) is 14.0. The Kier molecular flexibility index (Phi) is 6.70. The fourth-order valence-corrected chi connectivity index (χ4v) is 3.20. The van der Waals surface area contributed by atoms with Crippen molar-refractivity contribution < 1.29 is 0 Å². The third kappa shape index (κ3) is 4.32. The van der Waals surface area contributed by atoms with Crippen LogP contribution < -0.4 is 11.1 Å². The number of nitrogens with two attached hydrogens (primary N) is 1. The molecule has 0 fully saturated rings. The van der Waals surface area contributed by atoms with Gasteiger partial charge in [-0.05, 0) is 54.8 Å².